The molecule has 0 unspecified atom stereocenters. The van der Waals surface area contributed by atoms with Crippen molar-refractivity contribution in [2.24, 2.45) is 0 Å². The van der Waals surface area contributed by atoms with Crippen LogP contribution in [0.5, 0.6) is 11.5 Å². The first-order valence-corrected chi connectivity index (χ1v) is 5.04. The van der Waals surface area contributed by atoms with Gasteiger partial charge < -0.3 is 14.6 Å². The Morgan fingerprint density at radius 3 is 2.89 bits per heavy atom. The summed E-state index contributed by atoms with van der Waals surface area (Å²) in [7, 11) is 0. The number of fused-ring (bicyclic) bond motifs is 1. The number of benzene rings is 1. The molecule has 0 spiro atoms. The van der Waals surface area contributed by atoms with Crippen molar-refractivity contribution in [3.8, 4) is 22.8 Å². The highest BCUT2D eigenvalue weighted by Crippen LogP contribution is 2.42. The summed E-state index contributed by atoms with van der Waals surface area (Å²) in [6, 6.07) is 4.03. The molecule has 6 nitrogen and oxygen atoms in total. The van der Waals surface area contributed by atoms with Crippen molar-refractivity contribution in [1.82, 2.24) is 10.2 Å². The first kappa shape index (κ1) is 10.6. The molecule has 1 aliphatic heterocycles. The molecule has 0 aliphatic carbocycles. The highest BCUT2D eigenvalue weighted by Gasteiger charge is 2.24. The molecule has 1 aliphatic rings. The largest absolute Gasteiger partial charge is 0.477 e. The number of aromatic carboxylic acids is 1. The van der Waals surface area contributed by atoms with E-state index in [0.29, 0.717) is 11.3 Å². The minimum atomic E-state index is -1.12. The summed E-state index contributed by atoms with van der Waals surface area (Å²) >= 11 is 0. The molecule has 18 heavy (non-hydrogen) atoms. The summed E-state index contributed by atoms with van der Waals surface area (Å²) in [5.41, 5.74) is 0.781. The maximum Gasteiger partial charge on any atom is 0.353 e. The van der Waals surface area contributed by atoms with Crippen molar-refractivity contribution in [3.05, 3.63) is 29.7 Å². The Bertz CT molecular complexity index is 638. The molecule has 0 atom stereocenters. The van der Waals surface area contributed by atoms with Gasteiger partial charge in [0.2, 0.25) is 12.5 Å². The molecule has 1 aromatic carbocycles. The van der Waals surface area contributed by atoms with Gasteiger partial charge in [0.1, 0.15) is 5.69 Å². The normalized spacial score (nSPS) is 12.7. The number of ether oxygens (including phenoxy) is 2. The van der Waals surface area contributed by atoms with E-state index < -0.39 is 11.8 Å². The van der Waals surface area contributed by atoms with Crippen LogP contribution in [-0.2, 0) is 0 Å². The Kier molecular flexibility index (Phi) is 2.19. The van der Waals surface area contributed by atoms with Crippen LogP contribution in [0.25, 0.3) is 11.3 Å². The predicted octanol–water partition coefficient (Wildman–Crippen LogP) is 1.64. The first-order valence-electron chi connectivity index (χ1n) is 5.04. The topological polar surface area (TPSA) is 84.4 Å². The zero-order chi connectivity index (χ0) is 12.7. The van der Waals surface area contributed by atoms with Gasteiger partial charge >= 0.3 is 5.97 Å². The van der Waals surface area contributed by atoms with Gasteiger partial charge in [0.05, 0.1) is 5.69 Å². The Hall–Kier alpha value is -2.57. The zero-order valence-corrected chi connectivity index (χ0v) is 8.94. The molecule has 0 bridgehead atoms. The molecule has 0 saturated heterocycles. The maximum atomic E-state index is 13.4. The smallest absolute Gasteiger partial charge is 0.353 e. The van der Waals surface area contributed by atoms with Gasteiger partial charge in [-0.05, 0) is 18.2 Å². The number of aromatic amines is 1. The van der Waals surface area contributed by atoms with Crippen LogP contribution in [0.15, 0.2) is 18.2 Å². The second kappa shape index (κ2) is 3.73. The summed E-state index contributed by atoms with van der Waals surface area (Å²) in [4.78, 5) is 10.7. The monoisotopic (exact) mass is 250 g/mol. The van der Waals surface area contributed by atoms with E-state index in [1.54, 1.807) is 0 Å². The number of hydrogen-bond donors (Lipinski definition) is 2. The predicted molar refractivity (Wildman–Crippen MR) is 57.1 cm³/mol. The lowest BCUT2D eigenvalue weighted by Gasteiger charge is -2.02. The Morgan fingerprint density at radius 2 is 2.17 bits per heavy atom. The van der Waals surface area contributed by atoms with Crippen LogP contribution in [0.2, 0.25) is 0 Å². The first-order chi connectivity index (χ1) is 8.66. The van der Waals surface area contributed by atoms with Crippen LogP contribution in [0.1, 0.15) is 10.5 Å². The Balaban J connectivity index is 2.12. The third kappa shape index (κ3) is 1.48. The van der Waals surface area contributed by atoms with E-state index >= 15 is 0 Å². The molecule has 3 rings (SSSR count). The molecule has 7 heteroatoms. The van der Waals surface area contributed by atoms with Crippen LogP contribution >= 0.6 is 0 Å². The van der Waals surface area contributed by atoms with Gasteiger partial charge in [0.25, 0.3) is 0 Å². The van der Waals surface area contributed by atoms with E-state index in [1.807, 2.05) is 0 Å². The second-order valence-electron chi connectivity index (χ2n) is 3.63. The van der Waals surface area contributed by atoms with Crippen molar-refractivity contribution >= 4 is 5.97 Å². The van der Waals surface area contributed by atoms with E-state index in [2.05, 4.69) is 10.2 Å². The average molecular weight is 250 g/mol. The number of nitrogens with one attached hydrogen (secondary N) is 1. The fourth-order valence-electron chi connectivity index (χ4n) is 1.73. The number of H-pyrrole nitrogens is 1. The number of halogens is 1. The standard InChI is InChI=1S/C11H7FN2O4/c12-6-2-1-5(9-10(6)18-4-17-9)7-3-8(11(15)16)14-13-7/h1-3H,4H2,(H,13,14)(H,15,16). The summed E-state index contributed by atoms with van der Waals surface area (Å²) in [6.07, 6.45) is 0. The van der Waals surface area contributed by atoms with E-state index in [-0.39, 0.29) is 24.0 Å². The highest BCUT2D eigenvalue weighted by molar-refractivity contribution is 5.87. The Labute approximate surface area is 100.0 Å². The molecule has 2 N–H and O–H groups in total. The van der Waals surface area contributed by atoms with Crippen LogP contribution in [-0.4, -0.2) is 28.1 Å². The molecular weight excluding hydrogens is 243 g/mol. The minimum Gasteiger partial charge on any atom is -0.477 e. The van der Waals surface area contributed by atoms with Gasteiger partial charge in [-0.25, -0.2) is 9.18 Å². The van der Waals surface area contributed by atoms with E-state index in [9.17, 15) is 9.18 Å². The van der Waals surface area contributed by atoms with Crippen LogP contribution in [0.3, 0.4) is 0 Å². The third-order valence-corrected chi connectivity index (χ3v) is 2.55. The van der Waals surface area contributed by atoms with Crippen molar-refractivity contribution < 1.29 is 23.8 Å². The van der Waals surface area contributed by atoms with Gasteiger partial charge in [0.15, 0.2) is 11.6 Å². The van der Waals surface area contributed by atoms with Crippen LogP contribution in [0.4, 0.5) is 4.39 Å². The average Bonchev–Trinajstić information content (AvgIpc) is 2.98. The number of hydrogen-bond acceptors (Lipinski definition) is 4. The number of carboxylic acid groups (broad SMARTS) is 1. The van der Waals surface area contributed by atoms with Crippen LogP contribution < -0.4 is 9.47 Å². The lowest BCUT2D eigenvalue weighted by Crippen LogP contribution is -1.95. The molecular formula is C11H7FN2O4. The van der Waals surface area contributed by atoms with Gasteiger partial charge in [-0.3, -0.25) is 5.10 Å². The highest BCUT2D eigenvalue weighted by atomic mass is 19.1. The maximum absolute atomic E-state index is 13.4. The fraction of sp³-hybridized carbons (Fsp3) is 0.0909. The SMILES string of the molecule is O=C(O)c1cc(-c2ccc(F)c3c2OCO3)n[nH]1. The number of nitrogens with zero attached hydrogens (tertiary/aromatic N) is 1. The molecule has 0 saturated carbocycles. The van der Waals surface area contributed by atoms with Crippen molar-refractivity contribution in [1.29, 1.82) is 0 Å². The van der Waals surface area contributed by atoms with Gasteiger partial charge in [-0.15, -0.1) is 0 Å². The van der Waals surface area contributed by atoms with Gasteiger partial charge in [0, 0.05) is 5.56 Å². The second-order valence-corrected chi connectivity index (χ2v) is 3.63. The van der Waals surface area contributed by atoms with Crippen LogP contribution in [0, 0.1) is 5.82 Å². The minimum absolute atomic E-state index is 0.0207. The number of carboxylic acids is 1. The molecule has 1 aromatic heterocycles. The molecule has 2 heterocycles. The zero-order valence-electron chi connectivity index (χ0n) is 8.94. The van der Waals surface area contributed by atoms with Crippen molar-refractivity contribution in [2.45, 2.75) is 0 Å². The molecule has 92 valence electrons. The lowest BCUT2D eigenvalue weighted by molar-refractivity contribution is 0.0690. The Morgan fingerprint density at radius 1 is 1.39 bits per heavy atom. The van der Waals surface area contributed by atoms with Crippen molar-refractivity contribution in [2.75, 3.05) is 6.79 Å². The summed E-state index contributed by atoms with van der Waals surface area (Å²) < 4.78 is 23.6. The summed E-state index contributed by atoms with van der Waals surface area (Å²) in [5, 5.41) is 15.0. The molecule has 0 amide bonds. The summed E-state index contributed by atoms with van der Waals surface area (Å²) in [6.45, 7) is -0.0700. The number of carbonyl (C=O) groups is 1. The molecule has 2 aromatic rings. The lowest BCUT2D eigenvalue weighted by atomic mass is 10.1. The molecule has 0 radical (unpaired) electrons. The van der Waals surface area contributed by atoms with E-state index in [0.717, 1.165) is 0 Å². The summed E-state index contributed by atoms with van der Waals surface area (Å²) in [5.74, 6) is -1.39. The number of aromatic nitrogens is 2. The molecule has 0 fully saturated rings. The van der Waals surface area contributed by atoms with E-state index in [4.69, 9.17) is 14.6 Å². The van der Waals surface area contributed by atoms with Gasteiger partial charge in [-0.1, -0.05) is 0 Å². The fourth-order valence-corrected chi connectivity index (χ4v) is 1.73. The quantitative estimate of drug-likeness (QED) is 0.846. The third-order valence-electron chi connectivity index (χ3n) is 2.55. The van der Waals surface area contributed by atoms with Gasteiger partial charge in [-0.2, -0.15) is 5.10 Å². The van der Waals surface area contributed by atoms with E-state index in [1.165, 1.54) is 18.2 Å². The number of rotatable bonds is 2. The van der Waals surface area contributed by atoms with Crippen molar-refractivity contribution in [3.63, 3.8) is 0 Å².